The average Bonchev–Trinajstić information content (AvgIpc) is 3.23. The van der Waals surface area contributed by atoms with Gasteiger partial charge < -0.3 is 10.6 Å². The summed E-state index contributed by atoms with van der Waals surface area (Å²) in [7, 11) is 0. The van der Waals surface area contributed by atoms with Crippen molar-refractivity contribution < 1.29 is 14.0 Å². The largest absolute Gasteiger partial charge is 0.321 e. The maximum atomic E-state index is 13.5. The van der Waals surface area contributed by atoms with E-state index >= 15 is 0 Å². The predicted octanol–water partition coefficient (Wildman–Crippen LogP) is 4.12. The summed E-state index contributed by atoms with van der Waals surface area (Å²) < 4.78 is 13.5. The quantitative estimate of drug-likeness (QED) is 0.468. The Morgan fingerprint density at radius 2 is 1.70 bits per heavy atom. The van der Waals surface area contributed by atoms with Gasteiger partial charge in [0.1, 0.15) is 5.82 Å². The molecule has 0 fully saturated rings. The molecule has 7 nitrogen and oxygen atoms in total. The Bertz CT molecular complexity index is 1210. The van der Waals surface area contributed by atoms with Crippen molar-refractivity contribution >= 4 is 23.2 Å². The number of rotatable bonds is 5. The second-order valence-electron chi connectivity index (χ2n) is 6.39. The molecule has 0 radical (unpaired) electrons. The molecular weight excluding hydrogens is 385 g/mol. The van der Waals surface area contributed by atoms with E-state index in [0.717, 1.165) is 5.56 Å². The van der Waals surface area contributed by atoms with Crippen LogP contribution < -0.4 is 10.6 Å². The summed E-state index contributed by atoms with van der Waals surface area (Å²) in [4.78, 5) is 28.9. The van der Waals surface area contributed by atoms with E-state index < -0.39 is 11.8 Å². The minimum atomic E-state index is -0.505. The SMILES string of the molecule is O=C(Nc1c[nH]nc1C(=O)Nc1cccc(-c2cccc(F)c2)c1)c1cccnc1. The van der Waals surface area contributed by atoms with Crippen molar-refractivity contribution in [3.05, 3.63) is 96.3 Å². The third-order valence-electron chi connectivity index (χ3n) is 4.31. The van der Waals surface area contributed by atoms with Gasteiger partial charge in [-0.2, -0.15) is 5.10 Å². The fourth-order valence-electron chi connectivity index (χ4n) is 2.88. The summed E-state index contributed by atoms with van der Waals surface area (Å²) >= 11 is 0. The van der Waals surface area contributed by atoms with E-state index in [9.17, 15) is 14.0 Å². The van der Waals surface area contributed by atoms with Gasteiger partial charge in [-0.15, -0.1) is 0 Å². The maximum absolute atomic E-state index is 13.5. The molecule has 0 atom stereocenters. The second kappa shape index (κ2) is 8.36. The number of benzene rings is 2. The second-order valence-corrected chi connectivity index (χ2v) is 6.39. The molecule has 2 amide bonds. The zero-order valence-corrected chi connectivity index (χ0v) is 15.6. The maximum Gasteiger partial charge on any atom is 0.278 e. The van der Waals surface area contributed by atoms with Gasteiger partial charge in [0.15, 0.2) is 5.69 Å². The molecule has 4 aromatic rings. The number of nitrogens with one attached hydrogen (secondary N) is 3. The summed E-state index contributed by atoms with van der Waals surface area (Å²) in [5.74, 6) is -1.26. The molecule has 0 saturated heterocycles. The number of amides is 2. The third kappa shape index (κ3) is 4.22. The lowest BCUT2D eigenvalue weighted by Gasteiger charge is -2.08. The number of aromatic amines is 1. The normalized spacial score (nSPS) is 10.4. The minimum Gasteiger partial charge on any atom is -0.321 e. The van der Waals surface area contributed by atoms with Gasteiger partial charge >= 0.3 is 0 Å². The van der Waals surface area contributed by atoms with Crippen LogP contribution in [0.5, 0.6) is 0 Å². The third-order valence-corrected chi connectivity index (χ3v) is 4.31. The fourth-order valence-corrected chi connectivity index (χ4v) is 2.88. The molecule has 3 N–H and O–H groups in total. The number of anilines is 2. The highest BCUT2D eigenvalue weighted by molar-refractivity contribution is 6.11. The first-order chi connectivity index (χ1) is 14.6. The highest BCUT2D eigenvalue weighted by Gasteiger charge is 2.18. The number of hydrogen-bond acceptors (Lipinski definition) is 4. The molecule has 30 heavy (non-hydrogen) atoms. The topological polar surface area (TPSA) is 99.8 Å². The molecular formula is C22H16FN5O2. The Balaban J connectivity index is 1.51. The van der Waals surface area contributed by atoms with Gasteiger partial charge in [-0.25, -0.2) is 4.39 Å². The fraction of sp³-hybridized carbons (Fsp3) is 0. The lowest BCUT2D eigenvalue weighted by atomic mass is 10.1. The number of halogens is 1. The first-order valence-electron chi connectivity index (χ1n) is 9.02. The van der Waals surface area contributed by atoms with Crippen molar-refractivity contribution in [2.24, 2.45) is 0 Å². The lowest BCUT2D eigenvalue weighted by Crippen LogP contribution is -2.18. The van der Waals surface area contributed by atoms with Crippen LogP contribution in [0.4, 0.5) is 15.8 Å². The van der Waals surface area contributed by atoms with Crippen LogP contribution in [0.2, 0.25) is 0 Å². The van der Waals surface area contributed by atoms with Gasteiger partial charge in [-0.05, 0) is 47.5 Å². The Morgan fingerprint density at radius 1 is 0.900 bits per heavy atom. The van der Waals surface area contributed by atoms with E-state index in [2.05, 4.69) is 25.8 Å². The number of pyridine rings is 1. The van der Waals surface area contributed by atoms with Crippen LogP contribution in [-0.4, -0.2) is 27.0 Å². The van der Waals surface area contributed by atoms with Crippen LogP contribution >= 0.6 is 0 Å². The number of H-pyrrole nitrogens is 1. The number of carbonyl (C=O) groups excluding carboxylic acids is 2. The molecule has 0 saturated carbocycles. The van der Waals surface area contributed by atoms with Crippen LogP contribution in [0.25, 0.3) is 11.1 Å². The van der Waals surface area contributed by atoms with E-state index in [4.69, 9.17) is 0 Å². The molecule has 0 aliphatic heterocycles. The molecule has 8 heteroatoms. The minimum absolute atomic E-state index is 0.0309. The monoisotopic (exact) mass is 401 g/mol. The molecule has 0 aliphatic rings. The molecule has 0 aliphatic carbocycles. The summed E-state index contributed by atoms with van der Waals surface area (Å²) in [6.45, 7) is 0. The molecule has 2 heterocycles. The molecule has 2 aromatic heterocycles. The number of hydrogen-bond donors (Lipinski definition) is 3. The smallest absolute Gasteiger partial charge is 0.278 e. The zero-order valence-electron chi connectivity index (χ0n) is 15.6. The van der Waals surface area contributed by atoms with Crippen molar-refractivity contribution in [3.8, 4) is 11.1 Å². The standard InChI is InChI=1S/C22H16FN5O2/c23-17-7-1-4-14(10-17)15-5-2-8-18(11-15)26-22(30)20-19(13-25-28-20)27-21(29)16-6-3-9-24-12-16/h1-13H,(H,25,28)(H,26,30)(H,27,29). The number of carbonyl (C=O) groups is 2. The summed E-state index contributed by atoms with van der Waals surface area (Å²) in [6, 6.07) is 16.5. The molecule has 0 unspecified atom stereocenters. The Hall–Kier alpha value is -4.33. The van der Waals surface area contributed by atoms with Crippen LogP contribution in [0.3, 0.4) is 0 Å². The van der Waals surface area contributed by atoms with Gasteiger partial charge in [-0.3, -0.25) is 19.7 Å². The van der Waals surface area contributed by atoms with Crippen molar-refractivity contribution in [1.82, 2.24) is 15.2 Å². The summed E-state index contributed by atoms with van der Waals surface area (Å²) in [5, 5.41) is 11.9. The summed E-state index contributed by atoms with van der Waals surface area (Å²) in [6.07, 6.45) is 4.41. The van der Waals surface area contributed by atoms with Crippen molar-refractivity contribution in [2.75, 3.05) is 10.6 Å². The summed E-state index contributed by atoms with van der Waals surface area (Å²) in [5.41, 5.74) is 2.57. The molecule has 148 valence electrons. The highest BCUT2D eigenvalue weighted by atomic mass is 19.1. The van der Waals surface area contributed by atoms with Crippen molar-refractivity contribution in [1.29, 1.82) is 0 Å². The van der Waals surface area contributed by atoms with Gasteiger partial charge in [-0.1, -0.05) is 24.3 Å². The first kappa shape index (κ1) is 19.0. The zero-order chi connectivity index (χ0) is 20.9. The molecule has 0 spiro atoms. The van der Waals surface area contributed by atoms with Gasteiger partial charge in [0, 0.05) is 24.3 Å². The Morgan fingerprint density at radius 3 is 2.47 bits per heavy atom. The number of nitrogens with zero attached hydrogens (tertiary/aromatic N) is 2. The van der Waals surface area contributed by atoms with Crippen LogP contribution in [0, 0.1) is 5.82 Å². The van der Waals surface area contributed by atoms with E-state index in [-0.39, 0.29) is 17.2 Å². The van der Waals surface area contributed by atoms with E-state index in [1.54, 1.807) is 48.7 Å². The van der Waals surface area contributed by atoms with Gasteiger partial charge in [0.05, 0.1) is 11.3 Å². The van der Waals surface area contributed by atoms with Gasteiger partial charge in [0.25, 0.3) is 11.8 Å². The van der Waals surface area contributed by atoms with Gasteiger partial charge in [0.2, 0.25) is 0 Å². The Labute approximate surface area is 171 Å². The van der Waals surface area contributed by atoms with Crippen molar-refractivity contribution in [3.63, 3.8) is 0 Å². The van der Waals surface area contributed by atoms with Crippen molar-refractivity contribution in [2.45, 2.75) is 0 Å². The van der Waals surface area contributed by atoms with Crippen LogP contribution in [-0.2, 0) is 0 Å². The van der Waals surface area contributed by atoms with Crippen LogP contribution in [0.1, 0.15) is 20.8 Å². The first-order valence-corrected chi connectivity index (χ1v) is 9.02. The molecule has 0 bridgehead atoms. The van der Waals surface area contributed by atoms with E-state index in [0.29, 0.717) is 16.8 Å². The van der Waals surface area contributed by atoms with Crippen LogP contribution in [0.15, 0.2) is 79.3 Å². The molecule has 2 aromatic carbocycles. The highest BCUT2D eigenvalue weighted by Crippen LogP contribution is 2.24. The average molecular weight is 401 g/mol. The molecule has 4 rings (SSSR count). The van der Waals surface area contributed by atoms with E-state index in [1.807, 2.05) is 6.07 Å². The predicted molar refractivity (Wildman–Crippen MR) is 111 cm³/mol. The lowest BCUT2D eigenvalue weighted by molar-refractivity contribution is 0.102. The number of aromatic nitrogens is 3. The Kier molecular flexibility index (Phi) is 5.29. The van der Waals surface area contributed by atoms with E-state index in [1.165, 1.54) is 24.5 Å².